The van der Waals surface area contributed by atoms with E-state index in [1.807, 2.05) is 24.3 Å². The van der Waals surface area contributed by atoms with E-state index in [1.165, 1.54) is 11.1 Å². The Kier molecular flexibility index (Phi) is 4.32. The van der Waals surface area contributed by atoms with Crippen LogP contribution >= 0.6 is 0 Å². The summed E-state index contributed by atoms with van der Waals surface area (Å²) >= 11 is 0. The van der Waals surface area contributed by atoms with Gasteiger partial charge in [-0.15, -0.1) is 0 Å². The minimum absolute atomic E-state index is 0.718. The second-order valence-electron chi connectivity index (χ2n) is 6.49. The fourth-order valence-electron chi connectivity index (χ4n) is 2.85. The van der Waals surface area contributed by atoms with Crippen LogP contribution in [0.5, 0.6) is 0 Å². The van der Waals surface area contributed by atoms with Crippen LogP contribution in [0.3, 0.4) is 0 Å². The highest BCUT2D eigenvalue weighted by Gasteiger charge is 2.10. The van der Waals surface area contributed by atoms with E-state index in [0.717, 1.165) is 33.9 Å². The molecule has 0 fully saturated rings. The van der Waals surface area contributed by atoms with Crippen LogP contribution in [0.25, 0.3) is 33.9 Å². The van der Waals surface area contributed by atoms with Crippen LogP contribution in [0.1, 0.15) is 11.1 Å². The highest BCUT2D eigenvalue weighted by atomic mass is 14.9. The van der Waals surface area contributed by atoms with Crippen molar-refractivity contribution < 1.29 is 0 Å². The first kappa shape index (κ1) is 16.2. The predicted octanol–water partition coefficient (Wildman–Crippen LogP) is 5.89. The number of benzene rings is 3. The third-order valence-corrected chi connectivity index (χ3v) is 4.39. The van der Waals surface area contributed by atoms with Gasteiger partial charge in [0.05, 0.1) is 11.4 Å². The second-order valence-corrected chi connectivity index (χ2v) is 6.49. The quantitative estimate of drug-likeness (QED) is 0.466. The maximum absolute atomic E-state index is 4.82. The van der Waals surface area contributed by atoms with Gasteiger partial charge in [-0.05, 0) is 32.0 Å². The molecule has 1 aromatic heterocycles. The summed E-state index contributed by atoms with van der Waals surface area (Å²) in [5, 5.41) is 0. The lowest BCUT2D eigenvalue weighted by molar-refractivity contribution is 1.18. The molecule has 125 valence electrons. The number of nitrogens with zero attached hydrogens (tertiary/aromatic N) is 2. The summed E-state index contributed by atoms with van der Waals surface area (Å²) in [6.07, 6.45) is 0. The fourth-order valence-corrected chi connectivity index (χ4v) is 2.85. The van der Waals surface area contributed by atoms with Crippen LogP contribution in [-0.2, 0) is 0 Å². The van der Waals surface area contributed by atoms with E-state index in [-0.39, 0.29) is 0 Å². The highest BCUT2D eigenvalue weighted by molar-refractivity contribution is 5.71. The van der Waals surface area contributed by atoms with Crippen molar-refractivity contribution in [2.75, 3.05) is 0 Å². The van der Waals surface area contributed by atoms with Crippen LogP contribution in [0.15, 0.2) is 78.9 Å². The largest absolute Gasteiger partial charge is 0.228 e. The molecule has 0 aliphatic carbocycles. The van der Waals surface area contributed by atoms with E-state index in [4.69, 9.17) is 9.97 Å². The lowest BCUT2D eigenvalue weighted by Gasteiger charge is -2.09. The van der Waals surface area contributed by atoms with Crippen molar-refractivity contribution in [2.45, 2.75) is 13.8 Å². The third-order valence-electron chi connectivity index (χ3n) is 4.39. The summed E-state index contributed by atoms with van der Waals surface area (Å²) in [4.78, 5) is 9.63. The average Bonchev–Trinajstić information content (AvgIpc) is 2.69. The summed E-state index contributed by atoms with van der Waals surface area (Å²) in [5.74, 6) is 0.718. The smallest absolute Gasteiger partial charge is 0.160 e. The zero-order valence-electron chi connectivity index (χ0n) is 14.9. The Morgan fingerprint density at radius 3 is 1.65 bits per heavy atom. The Hall–Kier alpha value is -3.26. The lowest BCUT2D eigenvalue weighted by atomic mass is 10.0. The normalized spacial score (nSPS) is 10.7. The molecule has 2 nitrogen and oxygen atoms in total. The van der Waals surface area contributed by atoms with Crippen molar-refractivity contribution in [1.29, 1.82) is 0 Å². The molecule has 0 amide bonds. The van der Waals surface area contributed by atoms with E-state index < -0.39 is 0 Å². The first-order valence-corrected chi connectivity index (χ1v) is 8.69. The Labute approximate surface area is 154 Å². The van der Waals surface area contributed by atoms with Crippen LogP contribution in [0.4, 0.5) is 0 Å². The van der Waals surface area contributed by atoms with Gasteiger partial charge in [0.25, 0.3) is 0 Å². The third kappa shape index (κ3) is 3.40. The van der Waals surface area contributed by atoms with Gasteiger partial charge in [0.1, 0.15) is 0 Å². The first-order chi connectivity index (χ1) is 12.7. The van der Waals surface area contributed by atoms with Crippen LogP contribution in [0.2, 0.25) is 0 Å². The molecule has 4 aromatic rings. The first-order valence-electron chi connectivity index (χ1n) is 8.69. The molecule has 0 aliphatic heterocycles. The molecule has 26 heavy (non-hydrogen) atoms. The monoisotopic (exact) mass is 335 g/mol. The summed E-state index contributed by atoms with van der Waals surface area (Å²) in [6.45, 7) is 4.18. The summed E-state index contributed by atoms with van der Waals surface area (Å²) in [7, 11) is 0. The van der Waals surface area contributed by atoms with Gasteiger partial charge in [0.15, 0.2) is 5.82 Å². The van der Waals surface area contributed by atoms with Crippen LogP contribution in [0, 0.1) is 19.9 Å². The SMILES string of the molecule is Cc1ccc(-c2cc(-c3ccc(C)cc3)nc(-c3c[c]ccc3)n2)cc1. The van der Waals surface area contributed by atoms with Crippen LogP contribution in [-0.4, -0.2) is 9.97 Å². The van der Waals surface area contributed by atoms with Crippen molar-refractivity contribution in [3.8, 4) is 33.9 Å². The van der Waals surface area contributed by atoms with Gasteiger partial charge in [-0.1, -0.05) is 77.9 Å². The Balaban J connectivity index is 1.89. The van der Waals surface area contributed by atoms with Crippen molar-refractivity contribution in [3.63, 3.8) is 0 Å². The van der Waals surface area contributed by atoms with E-state index in [9.17, 15) is 0 Å². The Morgan fingerprint density at radius 1 is 0.654 bits per heavy atom. The molecule has 0 saturated heterocycles. The molecule has 0 N–H and O–H groups in total. The van der Waals surface area contributed by atoms with Crippen molar-refractivity contribution in [1.82, 2.24) is 9.97 Å². The zero-order valence-corrected chi connectivity index (χ0v) is 14.9. The van der Waals surface area contributed by atoms with Gasteiger partial charge in [-0.3, -0.25) is 0 Å². The molecule has 0 spiro atoms. The molecule has 0 aliphatic rings. The number of rotatable bonds is 3. The van der Waals surface area contributed by atoms with Gasteiger partial charge in [0, 0.05) is 16.7 Å². The number of hydrogen-bond donors (Lipinski definition) is 0. The van der Waals surface area contributed by atoms with Gasteiger partial charge >= 0.3 is 0 Å². The summed E-state index contributed by atoms with van der Waals surface area (Å²) in [5.41, 5.74) is 7.47. The molecule has 0 bridgehead atoms. The van der Waals surface area contributed by atoms with Crippen LogP contribution < -0.4 is 0 Å². The van der Waals surface area contributed by atoms with Crippen molar-refractivity contribution in [2.24, 2.45) is 0 Å². The molecule has 4 rings (SSSR count). The summed E-state index contributed by atoms with van der Waals surface area (Å²) in [6, 6.07) is 29.8. The second kappa shape index (κ2) is 6.93. The molecule has 0 atom stereocenters. The molecule has 3 aromatic carbocycles. The molecule has 0 saturated carbocycles. The van der Waals surface area contributed by atoms with Crippen molar-refractivity contribution in [3.05, 3.63) is 96.1 Å². The Morgan fingerprint density at radius 2 is 1.19 bits per heavy atom. The fraction of sp³-hybridized carbons (Fsp3) is 0.0833. The highest BCUT2D eigenvalue weighted by Crippen LogP contribution is 2.27. The molecule has 1 heterocycles. The van der Waals surface area contributed by atoms with E-state index in [2.05, 4.69) is 74.5 Å². The van der Waals surface area contributed by atoms with Gasteiger partial charge < -0.3 is 0 Å². The van der Waals surface area contributed by atoms with E-state index >= 15 is 0 Å². The molecular weight excluding hydrogens is 316 g/mol. The topological polar surface area (TPSA) is 25.8 Å². The van der Waals surface area contributed by atoms with E-state index in [1.54, 1.807) is 0 Å². The Bertz CT molecular complexity index is 954. The molecular formula is C24H19N2. The maximum atomic E-state index is 4.82. The number of aryl methyl sites for hydroxylation is 2. The van der Waals surface area contributed by atoms with E-state index in [0.29, 0.717) is 0 Å². The maximum Gasteiger partial charge on any atom is 0.160 e. The minimum atomic E-state index is 0.718. The zero-order chi connectivity index (χ0) is 17.9. The van der Waals surface area contributed by atoms with Gasteiger partial charge in [-0.2, -0.15) is 0 Å². The number of hydrogen-bond acceptors (Lipinski definition) is 2. The molecule has 0 unspecified atom stereocenters. The lowest BCUT2D eigenvalue weighted by Crippen LogP contribution is -1.96. The molecule has 1 radical (unpaired) electrons. The predicted molar refractivity (Wildman–Crippen MR) is 107 cm³/mol. The summed E-state index contributed by atoms with van der Waals surface area (Å²) < 4.78 is 0. The van der Waals surface area contributed by atoms with Crippen molar-refractivity contribution >= 4 is 0 Å². The van der Waals surface area contributed by atoms with Gasteiger partial charge in [-0.25, -0.2) is 9.97 Å². The average molecular weight is 335 g/mol. The number of aromatic nitrogens is 2. The molecule has 2 heteroatoms. The minimum Gasteiger partial charge on any atom is -0.228 e. The standard InChI is InChI=1S/C24H19N2/c1-17-8-12-19(13-9-17)22-16-23(20-14-10-18(2)11-15-20)26-24(25-22)21-6-4-3-5-7-21/h3-4,6-16H,1-2H3. The van der Waals surface area contributed by atoms with Gasteiger partial charge in [0.2, 0.25) is 0 Å².